The molecule has 0 aromatic heterocycles. The van der Waals surface area contributed by atoms with E-state index in [1.165, 1.54) is 51.4 Å². The molecule has 28 heavy (non-hydrogen) atoms. The summed E-state index contributed by atoms with van der Waals surface area (Å²) in [6, 6.07) is 3.36. The summed E-state index contributed by atoms with van der Waals surface area (Å²) >= 11 is 0. The number of rotatable bonds is 16. The molecule has 0 unspecified atom stereocenters. The van der Waals surface area contributed by atoms with Gasteiger partial charge in [0.05, 0.1) is 0 Å². The number of hydrogen-bond acceptors (Lipinski definition) is 2. The minimum atomic E-state index is -0.416. The van der Waals surface area contributed by atoms with Crippen LogP contribution in [0.3, 0.4) is 0 Å². The Morgan fingerprint density at radius 2 is 0.929 bits per heavy atom. The summed E-state index contributed by atoms with van der Waals surface area (Å²) < 4.78 is 0. The number of benzene rings is 1. The summed E-state index contributed by atoms with van der Waals surface area (Å²) in [4.78, 5) is 24.0. The van der Waals surface area contributed by atoms with Crippen molar-refractivity contribution >= 4 is 11.8 Å². The van der Waals surface area contributed by atoms with E-state index in [4.69, 9.17) is 11.5 Å². The molecule has 4 N–H and O–H groups in total. The van der Waals surface area contributed by atoms with Crippen molar-refractivity contribution < 1.29 is 9.59 Å². The van der Waals surface area contributed by atoms with Gasteiger partial charge in [-0.25, -0.2) is 0 Å². The molecule has 0 radical (unpaired) electrons. The normalized spacial score (nSPS) is 10.9. The van der Waals surface area contributed by atoms with E-state index in [1.807, 2.05) is 0 Å². The predicted octanol–water partition coefficient (Wildman–Crippen LogP) is 5.69. The van der Waals surface area contributed by atoms with E-state index in [0.717, 1.165) is 49.7 Å². The van der Waals surface area contributed by atoms with E-state index in [9.17, 15) is 9.59 Å². The molecule has 0 saturated heterocycles. The molecule has 1 aromatic carbocycles. The molecule has 0 heterocycles. The van der Waals surface area contributed by atoms with Crippen molar-refractivity contribution in [2.24, 2.45) is 11.5 Å². The second kappa shape index (κ2) is 14.2. The summed E-state index contributed by atoms with van der Waals surface area (Å²) in [5.41, 5.74) is 14.3. The highest BCUT2D eigenvalue weighted by Crippen LogP contribution is 2.25. The molecule has 0 bridgehead atoms. The summed E-state index contributed by atoms with van der Waals surface area (Å²) in [6.45, 7) is 4.42. The first-order valence-corrected chi connectivity index (χ1v) is 11.3. The van der Waals surface area contributed by atoms with Crippen LogP contribution in [-0.2, 0) is 12.8 Å². The molecule has 0 aliphatic carbocycles. The number of primary amides is 2. The van der Waals surface area contributed by atoms with Gasteiger partial charge < -0.3 is 11.5 Å². The van der Waals surface area contributed by atoms with Gasteiger partial charge in [0.1, 0.15) is 0 Å². The molecule has 2 amide bonds. The lowest BCUT2D eigenvalue weighted by molar-refractivity contribution is 0.0986. The second-order valence-electron chi connectivity index (χ2n) is 7.88. The second-order valence-corrected chi connectivity index (χ2v) is 7.88. The quantitative estimate of drug-likeness (QED) is 0.356. The number of carbonyl (C=O) groups is 2. The molecule has 0 spiro atoms. The Hall–Kier alpha value is -1.84. The minimum Gasteiger partial charge on any atom is -0.366 e. The molecule has 158 valence electrons. The van der Waals surface area contributed by atoms with Crippen molar-refractivity contribution in [3.8, 4) is 0 Å². The summed E-state index contributed by atoms with van der Waals surface area (Å²) in [5.74, 6) is -0.831. The SMILES string of the molecule is CCCCCCCCc1c(C(N)=O)ccc(C(N)=O)c1CCCCCCCC. The minimum absolute atomic E-state index is 0.416. The topological polar surface area (TPSA) is 86.2 Å². The van der Waals surface area contributed by atoms with Gasteiger partial charge in [0.25, 0.3) is 0 Å². The molecule has 0 atom stereocenters. The number of amides is 2. The fourth-order valence-corrected chi connectivity index (χ4v) is 3.89. The van der Waals surface area contributed by atoms with Crippen LogP contribution in [0, 0.1) is 0 Å². The zero-order valence-electron chi connectivity index (χ0n) is 18.0. The first-order valence-electron chi connectivity index (χ1n) is 11.3. The van der Waals surface area contributed by atoms with E-state index in [2.05, 4.69) is 13.8 Å². The summed E-state index contributed by atoms with van der Waals surface area (Å²) in [7, 11) is 0. The molecule has 0 fully saturated rings. The van der Waals surface area contributed by atoms with Gasteiger partial charge in [0.15, 0.2) is 0 Å². The molecule has 1 aromatic rings. The number of unbranched alkanes of at least 4 members (excludes halogenated alkanes) is 10. The average molecular weight is 389 g/mol. The lowest BCUT2D eigenvalue weighted by Gasteiger charge is -2.17. The van der Waals surface area contributed by atoms with Crippen LogP contribution >= 0.6 is 0 Å². The van der Waals surface area contributed by atoms with Gasteiger partial charge in [-0.2, -0.15) is 0 Å². The van der Waals surface area contributed by atoms with E-state index >= 15 is 0 Å². The molecular weight excluding hydrogens is 348 g/mol. The van der Waals surface area contributed by atoms with E-state index < -0.39 is 11.8 Å². The highest BCUT2D eigenvalue weighted by atomic mass is 16.1. The van der Waals surface area contributed by atoms with E-state index in [-0.39, 0.29) is 0 Å². The molecule has 0 aliphatic heterocycles. The smallest absolute Gasteiger partial charge is 0.248 e. The fraction of sp³-hybridized carbons (Fsp3) is 0.667. The van der Waals surface area contributed by atoms with Crippen LogP contribution in [-0.4, -0.2) is 11.8 Å². The molecule has 0 aliphatic rings. The van der Waals surface area contributed by atoms with E-state index in [1.54, 1.807) is 12.1 Å². The Morgan fingerprint density at radius 1 is 0.607 bits per heavy atom. The predicted molar refractivity (Wildman–Crippen MR) is 118 cm³/mol. The third kappa shape index (κ3) is 8.45. The Balaban J connectivity index is 2.88. The van der Waals surface area contributed by atoms with Gasteiger partial charge in [-0.15, -0.1) is 0 Å². The monoisotopic (exact) mass is 388 g/mol. The Labute approximate surface area is 171 Å². The fourth-order valence-electron chi connectivity index (χ4n) is 3.89. The lowest BCUT2D eigenvalue weighted by Crippen LogP contribution is -2.20. The van der Waals surface area contributed by atoms with Crippen LogP contribution in [0.25, 0.3) is 0 Å². The Bertz CT molecular complexity index is 558. The summed E-state index contributed by atoms with van der Waals surface area (Å²) in [6.07, 6.45) is 15.8. The van der Waals surface area contributed by atoms with Crippen LogP contribution in [0.1, 0.15) is 123 Å². The van der Waals surface area contributed by atoms with Crippen molar-refractivity contribution in [2.75, 3.05) is 0 Å². The molecular formula is C24H40N2O2. The third-order valence-corrected chi connectivity index (χ3v) is 5.52. The van der Waals surface area contributed by atoms with E-state index in [0.29, 0.717) is 11.1 Å². The van der Waals surface area contributed by atoms with Gasteiger partial charge >= 0.3 is 0 Å². The first-order chi connectivity index (χ1) is 13.5. The molecule has 1 rings (SSSR count). The average Bonchev–Trinajstić information content (AvgIpc) is 2.67. The van der Waals surface area contributed by atoms with Crippen molar-refractivity contribution in [2.45, 2.75) is 104 Å². The van der Waals surface area contributed by atoms with Crippen LogP contribution < -0.4 is 11.5 Å². The van der Waals surface area contributed by atoms with Crippen molar-refractivity contribution in [1.29, 1.82) is 0 Å². The number of carbonyl (C=O) groups excluding carboxylic acids is 2. The molecule has 0 saturated carbocycles. The molecule has 4 heteroatoms. The zero-order valence-corrected chi connectivity index (χ0v) is 18.0. The molecule has 4 nitrogen and oxygen atoms in total. The van der Waals surface area contributed by atoms with Gasteiger partial charge in [-0.3, -0.25) is 9.59 Å². The van der Waals surface area contributed by atoms with Gasteiger partial charge in [-0.05, 0) is 48.9 Å². The Kier molecular flexibility index (Phi) is 12.3. The number of nitrogens with two attached hydrogens (primary N) is 2. The van der Waals surface area contributed by atoms with Crippen LogP contribution in [0.5, 0.6) is 0 Å². The van der Waals surface area contributed by atoms with Crippen molar-refractivity contribution in [1.82, 2.24) is 0 Å². The van der Waals surface area contributed by atoms with Crippen molar-refractivity contribution in [3.63, 3.8) is 0 Å². The third-order valence-electron chi connectivity index (χ3n) is 5.52. The maximum atomic E-state index is 12.0. The number of hydrogen-bond donors (Lipinski definition) is 2. The maximum Gasteiger partial charge on any atom is 0.248 e. The largest absolute Gasteiger partial charge is 0.366 e. The van der Waals surface area contributed by atoms with Crippen LogP contribution in [0.15, 0.2) is 12.1 Å². The van der Waals surface area contributed by atoms with Gasteiger partial charge in [0.2, 0.25) is 11.8 Å². The highest BCUT2D eigenvalue weighted by molar-refractivity contribution is 5.99. The van der Waals surface area contributed by atoms with Crippen molar-refractivity contribution in [3.05, 3.63) is 34.4 Å². The lowest BCUT2D eigenvalue weighted by atomic mass is 9.88. The van der Waals surface area contributed by atoms with Crippen LogP contribution in [0.2, 0.25) is 0 Å². The van der Waals surface area contributed by atoms with Gasteiger partial charge in [-0.1, -0.05) is 78.1 Å². The Morgan fingerprint density at radius 3 is 1.25 bits per heavy atom. The van der Waals surface area contributed by atoms with Crippen LogP contribution in [0.4, 0.5) is 0 Å². The zero-order chi connectivity index (χ0) is 20.8. The summed E-state index contributed by atoms with van der Waals surface area (Å²) in [5, 5.41) is 0. The highest BCUT2D eigenvalue weighted by Gasteiger charge is 2.18. The maximum absolute atomic E-state index is 12.0. The standard InChI is InChI=1S/C24H40N2O2/c1-3-5-7-9-11-13-15-19-20(16-14-12-10-8-6-4-2)22(24(26)28)18-17-21(19)23(25)27/h17-18H,3-16H2,1-2H3,(H2,25,27)(H2,26,28). The van der Waals surface area contributed by atoms with Gasteiger partial charge in [0, 0.05) is 11.1 Å². The first kappa shape index (κ1) is 24.2.